The van der Waals surface area contributed by atoms with Crippen LogP contribution in [0.5, 0.6) is 0 Å². The van der Waals surface area contributed by atoms with Gasteiger partial charge in [0.25, 0.3) is 11.8 Å². The molecule has 91 heavy (non-hydrogen) atoms. The van der Waals surface area contributed by atoms with E-state index in [0.29, 0.717) is 39.4 Å². The smallest absolute Gasteiger partial charge is 0.255 e. The lowest BCUT2D eigenvalue weighted by Gasteiger charge is -2.32. The number of hydrogen-bond donors (Lipinski definition) is 5. The minimum atomic E-state index is -0.157. The van der Waals surface area contributed by atoms with E-state index in [9.17, 15) is 9.59 Å². The number of anilines is 8. The Labute approximate surface area is 533 Å². The first-order chi connectivity index (χ1) is 44.5. The summed E-state index contributed by atoms with van der Waals surface area (Å²) >= 11 is 5.95. The lowest BCUT2D eigenvalue weighted by Crippen LogP contribution is -2.43. The van der Waals surface area contributed by atoms with E-state index in [1.807, 2.05) is 178 Å². The molecule has 6 aromatic heterocycles. The minimum Gasteiger partial charge on any atom is -0.338 e. The van der Waals surface area contributed by atoms with Crippen LogP contribution in [0.25, 0.3) is 33.3 Å². The van der Waals surface area contributed by atoms with Gasteiger partial charge in [0.1, 0.15) is 0 Å². The quantitative estimate of drug-likeness (QED) is 0.0608. The fraction of sp³-hybridized carbons (Fsp3) is 0.125. The molecule has 1 aliphatic heterocycles. The molecule has 12 aromatic rings. The third-order valence-electron chi connectivity index (χ3n) is 15.0. The van der Waals surface area contributed by atoms with Crippen molar-refractivity contribution in [1.82, 2.24) is 54.9 Å². The highest BCUT2D eigenvalue weighted by Crippen LogP contribution is 2.30. The van der Waals surface area contributed by atoms with E-state index in [0.717, 1.165) is 118 Å². The number of hydrogen-bond acceptors (Lipinski definition) is 16. The summed E-state index contributed by atoms with van der Waals surface area (Å²) in [5.41, 5.74) is 13.9. The van der Waals surface area contributed by atoms with Gasteiger partial charge in [-0.3, -0.25) is 29.4 Å². The van der Waals surface area contributed by atoms with Crippen LogP contribution < -0.4 is 26.6 Å². The first kappa shape index (κ1) is 61.5. The van der Waals surface area contributed by atoms with Gasteiger partial charge in [-0.25, -0.2) is 19.9 Å². The van der Waals surface area contributed by atoms with Crippen molar-refractivity contribution in [2.24, 2.45) is 0 Å². The maximum Gasteiger partial charge on any atom is 0.255 e. The number of pyridine rings is 3. The molecule has 18 nitrogen and oxygen atoms in total. The van der Waals surface area contributed by atoms with Gasteiger partial charge in [0, 0.05) is 155 Å². The largest absolute Gasteiger partial charge is 0.338 e. The zero-order chi connectivity index (χ0) is 62.7. The SMILES string of the molecule is Cc1ccc(NC(=O)c2ccc(CN3CCN(C)CC3)cc2)cc1Nc1nccc(-c2cccnc2)n1.Cc1ccc(NC(=O)c2ccccc2)cc1Nc1nccc(-c2cccnc2)n1.Clc1ccc(Nc2nnc(Cc3ccncc3)c3ccccc23)cc1. The second kappa shape index (κ2) is 30.2. The topological polar surface area (TPSA) is 217 Å². The van der Waals surface area contributed by atoms with Crippen molar-refractivity contribution >= 4 is 80.3 Å². The van der Waals surface area contributed by atoms with Crippen molar-refractivity contribution < 1.29 is 9.59 Å². The van der Waals surface area contributed by atoms with E-state index < -0.39 is 0 Å². The Bertz CT molecular complexity index is 4380. The van der Waals surface area contributed by atoms with Gasteiger partial charge in [0.05, 0.1) is 17.1 Å². The Kier molecular flexibility index (Phi) is 20.4. The molecule has 0 atom stereocenters. The van der Waals surface area contributed by atoms with Gasteiger partial charge in [-0.1, -0.05) is 78.3 Å². The number of amides is 2. The standard InChI is InChI=1S/C29H31N7O.C23H19N5O.C20H15ClN4/c1-21-5-10-25(18-27(21)34-29-31-13-11-26(33-29)24-4-3-12-30-19-24)32-28(37)23-8-6-22(7-9-23)20-36-16-14-35(2)15-17-36;1-16-9-10-19(26-22(29)17-6-3-2-4-7-17)14-21(16)28-23-25-13-11-20(27-23)18-8-5-12-24-15-18;21-15-5-7-16(8-6-15)23-20-18-4-2-1-3-17(18)19(24-25-20)13-14-9-11-22-12-10-14/h3-13,18-19H,14-17,20H2,1-2H3,(H,32,37)(H,31,33,34);2-15H,1H3,(H,26,29)(H,25,27,28);1-12H,13H2,(H,23,25). The molecule has 13 rings (SSSR count). The summed E-state index contributed by atoms with van der Waals surface area (Å²) in [4.78, 5) is 60.3. The molecule has 0 bridgehead atoms. The Morgan fingerprint density at radius 3 is 1.58 bits per heavy atom. The van der Waals surface area contributed by atoms with E-state index in [2.05, 4.69) is 101 Å². The van der Waals surface area contributed by atoms with Gasteiger partial charge < -0.3 is 31.5 Å². The van der Waals surface area contributed by atoms with Crippen LogP contribution in [0.15, 0.2) is 238 Å². The van der Waals surface area contributed by atoms with E-state index >= 15 is 0 Å². The summed E-state index contributed by atoms with van der Waals surface area (Å²) in [6.45, 7) is 9.22. The molecular weight excluding hydrogens is 1160 g/mol. The molecule has 452 valence electrons. The lowest BCUT2D eigenvalue weighted by molar-refractivity contribution is 0.101. The van der Waals surface area contributed by atoms with Crippen LogP contribution in [-0.2, 0) is 13.0 Å². The maximum absolute atomic E-state index is 12.9. The molecule has 1 aliphatic rings. The molecule has 6 aromatic carbocycles. The Morgan fingerprint density at radius 1 is 0.484 bits per heavy atom. The molecule has 1 fully saturated rings. The summed E-state index contributed by atoms with van der Waals surface area (Å²) < 4.78 is 0. The van der Waals surface area contributed by atoms with Crippen molar-refractivity contribution in [2.45, 2.75) is 26.8 Å². The summed E-state index contributed by atoms with van der Waals surface area (Å²) in [6, 6.07) is 59.4. The fourth-order valence-electron chi connectivity index (χ4n) is 9.87. The summed E-state index contributed by atoms with van der Waals surface area (Å²) in [7, 11) is 2.16. The van der Waals surface area contributed by atoms with Crippen molar-refractivity contribution in [3.05, 3.63) is 282 Å². The van der Waals surface area contributed by atoms with Crippen LogP contribution in [-0.4, -0.2) is 99.9 Å². The monoisotopic (exact) mass is 1220 g/mol. The zero-order valence-corrected chi connectivity index (χ0v) is 51.1. The lowest BCUT2D eigenvalue weighted by atomic mass is 10.0. The van der Waals surface area contributed by atoms with Crippen LogP contribution in [0.4, 0.5) is 46.2 Å². The molecule has 0 aliphatic carbocycles. The van der Waals surface area contributed by atoms with Gasteiger partial charge >= 0.3 is 0 Å². The Morgan fingerprint density at radius 2 is 1.02 bits per heavy atom. The first-order valence-electron chi connectivity index (χ1n) is 29.6. The highest BCUT2D eigenvalue weighted by Gasteiger charge is 2.16. The number of aromatic nitrogens is 9. The summed E-state index contributed by atoms with van der Waals surface area (Å²) in [6.07, 6.45) is 14.7. The molecule has 5 N–H and O–H groups in total. The van der Waals surface area contributed by atoms with E-state index in [-0.39, 0.29) is 11.8 Å². The molecule has 0 radical (unpaired) electrons. The third-order valence-corrected chi connectivity index (χ3v) is 15.2. The van der Waals surface area contributed by atoms with E-state index in [1.54, 1.807) is 61.7 Å². The number of carbonyl (C=O) groups excluding carboxylic acids is 2. The second-order valence-corrected chi connectivity index (χ2v) is 22.0. The number of halogens is 1. The Hall–Kier alpha value is -11.2. The van der Waals surface area contributed by atoms with Gasteiger partial charge in [0.15, 0.2) is 5.82 Å². The van der Waals surface area contributed by atoms with Gasteiger partial charge in [0.2, 0.25) is 11.9 Å². The Balaban J connectivity index is 0.000000143. The first-order valence-corrected chi connectivity index (χ1v) is 30.0. The van der Waals surface area contributed by atoms with Crippen LogP contribution in [0.1, 0.15) is 48.7 Å². The van der Waals surface area contributed by atoms with E-state index in [4.69, 9.17) is 11.6 Å². The van der Waals surface area contributed by atoms with Crippen molar-refractivity contribution in [2.75, 3.05) is 59.8 Å². The second-order valence-electron chi connectivity index (χ2n) is 21.6. The average Bonchev–Trinajstić information content (AvgIpc) is 1.68. The van der Waals surface area contributed by atoms with Gasteiger partial charge in [-0.2, -0.15) is 5.10 Å². The van der Waals surface area contributed by atoms with Gasteiger partial charge in [-0.05, 0) is 164 Å². The highest BCUT2D eigenvalue weighted by molar-refractivity contribution is 6.30. The molecular formula is C72H65ClN16O2. The van der Waals surface area contributed by atoms with Crippen LogP contribution in [0, 0.1) is 13.8 Å². The van der Waals surface area contributed by atoms with Crippen LogP contribution >= 0.6 is 11.6 Å². The molecule has 0 spiro atoms. The molecule has 7 heterocycles. The summed E-state index contributed by atoms with van der Waals surface area (Å²) in [5.74, 6) is 1.38. The molecule has 2 amide bonds. The molecule has 1 saturated heterocycles. The molecule has 0 saturated carbocycles. The molecule has 0 unspecified atom stereocenters. The number of carbonyl (C=O) groups is 2. The highest BCUT2D eigenvalue weighted by atomic mass is 35.5. The van der Waals surface area contributed by atoms with Gasteiger partial charge in [-0.15, -0.1) is 5.10 Å². The van der Waals surface area contributed by atoms with Crippen LogP contribution in [0.2, 0.25) is 5.02 Å². The zero-order valence-electron chi connectivity index (χ0n) is 50.4. The van der Waals surface area contributed by atoms with Crippen LogP contribution in [0.3, 0.4) is 0 Å². The predicted octanol–water partition coefficient (Wildman–Crippen LogP) is 14.4. The molecule has 19 heteroatoms. The number of aryl methyl sites for hydroxylation is 2. The third kappa shape index (κ3) is 17.1. The minimum absolute atomic E-state index is 0.143. The maximum atomic E-state index is 12.9. The fourth-order valence-corrected chi connectivity index (χ4v) is 9.99. The average molecular weight is 1220 g/mol. The number of likely N-dealkylation sites (N-methyl/N-ethyl adjacent to an activating group) is 1. The van der Waals surface area contributed by atoms with Crippen molar-refractivity contribution in [3.63, 3.8) is 0 Å². The number of benzene rings is 6. The van der Waals surface area contributed by atoms with E-state index in [1.165, 1.54) is 5.56 Å². The summed E-state index contributed by atoms with van der Waals surface area (Å²) in [5, 5.41) is 27.5. The number of nitrogens with one attached hydrogen (secondary N) is 5. The van der Waals surface area contributed by atoms with Crippen molar-refractivity contribution in [1.29, 1.82) is 0 Å². The predicted molar refractivity (Wildman–Crippen MR) is 362 cm³/mol. The van der Waals surface area contributed by atoms with Crippen molar-refractivity contribution in [3.8, 4) is 22.5 Å². The number of piperazine rings is 1. The number of rotatable bonds is 16. The number of nitrogens with zero attached hydrogens (tertiary/aromatic N) is 11. The number of fused-ring (bicyclic) bond motifs is 1. The normalized spacial score (nSPS) is 12.1.